The highest BCUT2D eigenvalue weighted by Gasteiger charge is 2.09. The molecule has 0 spiro atoms. The van der Waals surface area contributed by atoms with Gasteiger partial charge in [-0.3, -0.25) is 15.4 Å². The van der Waals surface area contributed by atoms with Crippen molar-refractivity contribution in [2.24, 2.45) is 0 Å². The maximum Gasteiger partial charge on any atom is 0.327 e. The molecule has 82 valence electrons. The normalized spacial score (nSPS) is 9.80. The molecule has 3 amide bonds. The minimum absolute atomic E-state index is 0.247. The maximum absolute atomic E-state index is 11.2. The van der Waals surface area contributed by atoms with Crippen molar-refractivity contribution in [3.8, 4) is 0 Å². The minimum Gasteiger partial charge on any atom is -0.283 e. The Hall–Kier alpha value is -1.14. The third-order valence-electron chi connectivity index (χ3n) is 1.62. The summed E-state index contributed by atoms with van der Waals surface area (Å²) < 4.78 is 0. The van der Waals surface area contributed by atoms with Crippen molar-refractivity contribution in [3.63, 3.8) is 0 Å². The number of urea groups is 1. The number of imide groups is 1. The first kappa shape index (κ1) is 11.9. The average Bonchev–Trinajstić information content (AvgIpc) is 2.45. The third kappa shape index (κ3) is 3.49. The van der Waals surface area contributed by atoms with Gasteiger partial charge in [-0.15, -0.1) is 22.9 Å². The van der Waals surface area contributed by atoms with Crippen LogP contribution in [0.3, 0.4) is 0 Å². The van der Waals surface area contributed by atoms with Crippen molar-refractivity contribution in [2.75, 3.05) is 11.2 Å². The topological polar surface area (TPSA) is 71.1 Å². The molecule has 1 heterocycles. The average molecular weight is 248 g/mol. The molecule has 1 aromatic rings. The SMILES string of the molecule is Cc1nc(NC(=O)NC(=O)CCl)sc1C. The summed E-state index contributed by atoms with van der Waals surface area (Å²) in [5.74, 6) is -0.789. The van der Waals surface area contributed by atoms with Gasteiger partial charge in [0.15, 0.2) is 5.13 Å². The summed E-state index contributed by atoms with van der Waals surface area (Å²) in [6.07, 6.45) is 0. The van der Waals surface area contributed by atoms with Crippen LogP contribution in [-0.4, -0.2) is 22.8 Å². The molecule has 2 N–H and O–H groups in total. The highest BCUT2D eigenvalue weighted by molar-refractivity contribution is 7.15. The van der Waals surface area contributed by atoms with Crippen LogP contribution in [0.1, 0.15) is 10.6 Å². The summed E-state index contributed by atoms with van der Waals surface area (Å²) in [7, 11) is 0. The zero-order valence-electron chi connectivity index (χ0n) is 8.26. The van der Waals surface area contributed by atoms with Gasteiger partial charge < -0.3 is 0 Å². The number of thiazole rings is 1. The van der Waals surface area contributed by atoms with Crippen LogP contribution in [0.25, 0.3) is 0 Å². The van der Waals surface area contributed by atoms with Crippen molar-refractivity contribution in [2.45, 2.75) is 13.8 Å². The van der Waals surface area contributed by atoms with Gasteiger partial charge in [0.1, 0.15) is 5.88 Å². The summed E-state index contributed by atoms with van der Waals surface area (Å²) in [6, 6.07) is -0.616. The van der Waals surface area contributed by atoms with Crippen LogP contribution >= 0.6 is 22.9 Å². The lowest BCUT2D eigenvalue weighted by atomic mass is 10.4. The number of alkyl halides is 1. The fourth-order valence-electron chi connectivity index (χ4n) is 0.815. The molecule has 0 radical (unpaired) electrons. The Kier molecular flexibility index (Phi) is 4.05. The van der Waals surface area contributed by atoms with E-state index in [4.69, 9.17) is 11.6 Å². The monoisotopic (exact) mass is 247 g/mol. The quantitative estimate of drug-likeness (QED) is 0.781. The van der Waals surface area contributed by atoms with Crippen LogP contribution in [0.15, 0.2) is 0 Å². The summed E-state index contributed by atoms with van der Waals surface area (Å²) in [5.41, 5.74) is 0.860. The molecule has 0 aliphatic carbocycles. The van der Waals surface area contributed by atoms with Crippen molar-refractivity contribution in [1.82, 2.24) is 10.3 Å². The molecule has 0 bridgehead atoms. The summed E-state index contributed by atoms with van der Waals surface area (Å²) in [5, 5.41) is 4.96. The van der Waals surface area contributed by atoms with E-state index in [-0.39, 0.29) is 5.88 Å². The number of hydrogen-bond donors (Lipinski definition) is 2. The van der Waals surface area contributed by atoms with Crippen LogP contribution in [-0.2, 0) is 4.79 Å². The molecule has 0 saturated heterocycles. The fraction of sp³-hybridized carbons (Fsp3) is 0.375. The second-order valence-corrected chi connectivity index (χ2v) is 4.27. The number of amides is 3. The van der Waals surface area contributed by atoms with Gasteiger partial charge in [0.05, 0.1) is 5.69 Å². The summed E-state index contributed by atoms with van der Waals surface area (Å²) >= 11 is 6.57. The van der Waals surface area contributed by atoms with E-state index in [0.717, 1.165) is 10.6 Å². The molecule has 1 aromatic heterocycles. The van der Waals surface area contributed by atoms with Gasteiger partial charge in [-0.25, -0.2) is 9.78 Å². The van der Waals surface area contributed by atoms with E-state index in [1.165, 1.54) is 11.3 Å². The number of rotatable bonds is 2. The number of nitrogens with zero attached hydrogens (tertiary/aromatic N) is 1. The highest BCUT2D eigenvalue weighted by Crippen LogP contribution is 2.20. The fourth-order valence-corrected chi connectivity index (χ4v) is 1.69. The number of carbonyl (C=O) groups excluding carboxylic acids is 2. The lowest BCUT2D eigenvalue weighted by molar-refractivity contribution is -0.117. The van der Waals surface area contributed by atoms with E-state index < -0.39 is 11.9 Å². The molecule has 0 saturated carbocycles. The molecule has 5 nitrogen and oxygen atoms in total. The van der Waals surface area contributed by atoms with E-state index in [9.17, 15) is 9.59 Å². The summed E-state index contributed by atoms with van der Waals surface area (Å²) in [4.78, 5) is 27.0. The van der Waals surface area contributed by atoms with Crippen molar-refractivity contribution < 1.29 is 9.59 Å². The van der Waals surface area contributed by atoms with Crippen LogP contribution in [0.4, 0.5) is 9.93 Å². The molecule has 1 rings (SSSR count). The van der Waals surface area contributed by atoms with Gasteiger partial charge in [-0.1, -0.05) is 0 Å². The van der Waals surface area contributed by atoms with Crippen molar-refractivity contribution in [3.05, 3.63) is 10.6 Å². The molecular weight excluding hydrogens is 238 g/mol. The van der Waals surface area contributed by atoms with Gasteiger partial charge in [-0.2, -0.15) is 0 Å². The molecule has 0 aromatic carbocycles. The Bertz CT molecular complexity index is 372. The summed E-state index contributed by atoms with van der Waals surface area (Å²) in [6.45, 7) is 3.75. The van der Waals surface area contributed by atoms with Gasteiger partial charge in [0.25, 0.3) is 0 Å². The first-order chi connectivity index (χ1) is 7.02. The second-order valence-electron chi connectivity index (χ2n) is 2.80. The van der Waals surface area contributed by atoms with E-state index in [1.54, 1.807) is 0 Å². The predicted molar refractivity (Wildman–Crippen MR) is 59.5 cm³/mol. The smallest absolute Gasteiger partial charge is 0.283 e. The number of nitrogens with one attached hydrogen (secondary N) is 2. The highest BCUT2D eigenvalue weighted by atomic mass is 35.5. The number of anilines is 1. The molecule has 7 heteroatoms. The predicted octanol–water partition coefficient (Wildman–Crippen LogP) is 1.65. The Morgan fingerprint density at radius 3 is 2.60 bits per heavy atom. The molecule has 0 atom stereocenters. The van der Waals surface area contributed by atoms with Crippen LogP contribution in [0.2, 0.25) is 0 Å². The number of hydrogen-bond acceptors (Lipinski definition) is 4. The van der Waals surface area contributed by atoms with Crippen LogP contribution in [0, 0.1) is 13.8 Å². The molecule has 0 aliphatic heterocycles. The molecule has 0 aliphatic rings. The number of halogens is 1. The van der Waals surface area contributed by atoms with Crippen LogP contribution in [0.5, 0.6) is 0 Å². The molecule has 0 unspecified atom stereocenters. The van der Waals surface area contributed by atoms with E-state index in [1.807, 2.05) is 13.8 Å². The Labute approximate surface area is 95.8 Å². The second kappa shape index (κ2) is 5.09. The zero-order valence-corrected chi connectivity index (χ0v) is 9.83. The minimum atomic E-state index is -0.616. The van der Waals surface area contributed by atoms with Gasteiger partial charge in [0.2, 0.25) is 5.91 Å². The van der Waals surface area contributed by atoms with Crippen molar-refractivity contribution >= 4 is 40.0 Å². The van der Waals surface area contributed by atoms with E-state index in [2.05, 4.69) is 15.6 Å². The largest absolute Gasteiger partial charge is 0.327 e. The van der Waals surface area contributed by atoms with Gasteiger partial charge in [0, 0.05) is 4.88 Å². The molecular formula is C8H10ClN3O2S. The number of aromatic nitrogens is 1. The van der Waals surface area contributed by atoms with Crippen LogP contribution < -0.4 is 10.6 Å². The Balaban J connectivity index is 2.55. The standard InChI is InChI=1S/C8H10ClN3O2S/c1-4-5(2)15-8(10-4)12-7(14)11-6(13)3-9/h3H2,1-2H3,(H2,10,11,12,13,14). The first-order valence-electron chi connectivity index (χ1n) is 4.13. The maximum atomic E-state index is 11.2. The Morgan fingerprint density at radius 2 is 2.13 bits per heavy atom. The Morgan fingerprint density at radius 1 is 1.47 bits per heavy atom. The van der Waals surface area contributed by atoms with Gasteiger partial charge >= 0.3 is 6.03 Å². The first-order valence-corrected chi connectivity index (χ1v) is 5.49. The third-order valence-corrected chi connectivity index (χ3v) is 2.85. The van der Waals surface area contributed by atoms with Crippen molar-refractivity contribution in [1.29, 1.82) is 0 Å². The molecule has 15 heavy (non-hydrogen) atoms. The lowest BCUT2D eigenvalue weighted by Crippen LogP contribution is -2.35. The number of carbonyl (C=O) groups is 2. The number of aryl methyl sites for hydroxylation is 2. The van der Waals surface area contributed by atoms with E-state index >= 15 is 0 Å². The molecule has 0 fully saturated rings. The van der Waals surface area contributed by atoms with Gasteiger partial charge in [-0.05, 0) is 13.8 Å². The van der Waals surface area contributed by atoms with E-state index in [0.29, 0.717) is 5.13 Å². The lowest BCUT2D eigenvalue weighted by Gasteiger charge is -2.00. The zero-order chi connectivity index (χ0) is 11.4.